The Morgan fingerprint density at radius 3 is 2.65 bits per heavy atom. The molecule has 1 aromatic heterocycles. The van der Waals surface area contributed by atoms with Gasteiger partial charge in [-0.1, -0.05) is 12.1 Å². The number of nitrogens with one attached hydrogen (secondary N) is 1. The molecule has 1 N–H and O–H groups in total. The van der Waals surface area contributed by atoms with Crippen molar-refractivity contribution in [3.63, 3.8) is 0 Å². The smallest absolute Gasteiger partial charge is 0.251 e. The average molecular weight is 311 g/mol. The molecule has 0 aliphatic rings. The van der Waals surface area contributed by atoms with Gasteiger partial charge in [-0.15, -0.1) is 5.10 Å². The highest BCUT2D eigenvalue weighted by molar-refractivity contribution is 5.94. The fourth-order valence-corrected chi connectivity index (χ4v) is 2.15. The molecular formula is C16H14FN5O. The Morgan fingerprint density at radius 1 is 1.22 bits per heavy atom. The molecular weight excluding hydrogens is 297 g/mol. The fraction of sp³-hybridized carbons (Fsp3) is 0.125. The zero-order valence-electron chi connectivity index (χ0n) is 12.4. The lowest BCUT2D eigenvalue weighted by atomic mass is 10.1. The van der Waals surface area contributed by atoms with Crippen molar-refractivity contribution in [2.75, 3.05) is 0 Å². The maximum Gasteiger partial charge on any atom is 0.251 e. The lowest BCUT2D eigenvalue weighted by Crippen LogP contribution is -2.22. The van der Waals surface area contributed by atoms with Crippen molar-refractivity contribution in [2.45, 2.75) is 13.5 Å². The first-order chi connectivity index (χ1) is 11.1. The number of rotatable bonds is 4. The maximum absolute atomic E-state index is 13.2. The number of amides is 1. The second kappa shape index (κ2) is 6.35. The third kappa shape index (κ3) is 3.39. The molecule has 7 heteroatoms. The SMILES string of the molecule is Cc1cc(CNC(=O)c2ccc(-n3cnnn3)cc2)ccc1F. The molecule has 0 spiro atoms. The Hall–Kier alpha value is -3.09. The maximum atomic E-state index is 13.2. The molecule has 0 saturated heterocycles. The highest BCUT2D eigenvalue weighted by Crippen LogP contribution is 2.10. The number of aryl methyl sites for hydroxylation is 1. The number of hydrogen-bond donors (Lipinski definition) is 1. The van der Waals surface area contributed by atoms with E-state index in [0.717, 1.165) is 11.3 Å². The normalized spacial score (nSPS) is 10.5. The third-order valence-electron chi connectivity index (χ3n) is 3.42. The number of tetrazole rings is 1. The fourth-order valence-electron chi connectivity index (χ4n) is 2.15. The first-order valence-corrected chi connectivity index (χ1v) is 7.00. The van der Waals surface area contributed by atoms with Crippen LogP contribution in [-0.4, -0.2) is 26.1 Å². The predicted octanol–water partition coefficient (Wildman–Crippen LogP) is 2.04. The lowest BCUT2D eigenvalue weighted by Gasteiger charge is -2.07. The van der Waals surface area contributed by atoms with Crippen molar-refractivity contribution < 1.29 is 9.18 Å². The molecule has 1 heterocycles. The highest BCUT2D eigenvalue weighted by Gasteiger charge is 2.07. The van der Waals surface area contributed by atoms with Gasteiger partial charge in [0.15, 0.2) is 0 Å². The van der Waals surface area contributed by atoms with E-state index in [1.54, 1.807) is 43.3 Å². The van der Waals surface area contributed by atoms with Crippen molar-refractivity contribution in [1.82, 2.24) is 25.5 Å². The molecule has 0 radical (unpaired) electrons. The van der Waals surface area contributed by atoms with E-state index < -0.39 is 0 Å². The predicted molar refractivity (Wildman–Crippen MR) is 81.5 cm³/mol. The molecule has 0 saturated carbocycles. The van der Waals surface area contributed by atoms with Gasteiger partial charge in [-0.3, -0.25) is 4.79 Å². The summed E-state index contributed by atoms with van der Waals surface area (Å²) in [7, 11) is 0. The van der Waals surface area contributed by atoms with Gasteiger partial charge in [-0.25, -0.2) is 9.07 Å². The van der Waals surface area contributed by atoms with Gasteiger partial charge in [0, 0.05) is 12.1 Å². The van der Waals surface area contributed by atoms with Gasteiger partial charge in [-0.2, -0.15) is 0 Å². The summed E-state index contributed by atoms with van der Waals surface area (Å²) < 4.78 is 14.7. The summed E-state index contributed by atoms with van der Waals surface area (Å²) in [6, 6.07) is 11.7. The average Bonchev–Trinajstić information content (AvgIpc) is 3.10. The van der Waals surface area contributed by atoms with Gasteiger partial charge in [0.25, 0.3) is 5.91 Å². The molecule has 0 unspecified atom stereocenters. The summed E-state index contributed by atoms with van der Waals surface area (Å²) in [6.07, 6.45) is 1.48. The summed E-state index contributed by atoms with van der Waals surface area (Å²) in [6.45, 7) is 2.03. The molecule has 0 bridgehead atoms. The van der Waals surface area contributed by atoms with E-state index in [9.17, 15) is 9.18 Å². The van der Waals surface area contributed by atoms with Crippen LogP contribution in [0.2, 0.25) is 0 Å². The van der Waals surface area contributed by atoms with Crippen LogP contribution in [0.4, 0.5) is 4.39 Å². The number of carbonyl (C=O) groups is 1. The van der Waals surface area contributed by atoms with Gasteiger partial charge in [0.2, 0.25) is 0 Å². The quantitative estimate of drug-likeness (QED) is 0.800. The van der Waals surface area contributed by atoms with Gasteiger partial charge in [0.05, 0.1) is 5.69 Å². The van der Waals surface area contributed by atoms with Gasteiger partial charge in [-0.05, 0) is 58.8 Å². The minimum absolute atomic E-state index is 0.199. The molecule has 6 nitrogen and oxygen atoms in total. The molecule has 0 aliphatic carbocycles. The molecule has 0 atom stereocenters. The summed E-state index contributed by atoms with van der Waals surface area (Å²) in [5, 5.41) is 13.7. The Morgan fingerprint density at radius 2 is 2.00 bits per heavy atom. The summed E-state index contributed by atoms with van der Waals surface area (Å²) >= 11 is 0. The topological polar surface area (TPSA) is 72.7 Å². The first kappa shape index (κ1) is 14.8. The standard InChI is InChI=1S/C16H14FN5O/c1-11-8-12(2-7-15(11)17)9-18-16(23)13-3-5-14(6-4-13)22-10-19-20-21-22/h2-8,10H,9H2,1H3,(H,18,23). The second-order valence-electron chi connectivity index (χ2n) is 5.07. The van der Waals surface area contributed by atoms with Crippen molar-refractivity contribution >= 4 is 5.91 Å². The number of aromatic nitrogens is 4. The molecule has 0 fully saturated rings. The van der Waals surface area contributed by atoms with Gasteiger partial charge >= 0.3 is 0 Å². The Kier molecular flexibility index (Phi) is 4.09. The van der Waals surface area contributed by atoms with E-state index in [1.807, 2.05) is 0 Å². The van der Waals surface area contributed by atoms with Crippen LogP contribution in [0.15, 0.2) is 48.8 Å². The van der Waals surface area contributed by atoms with Crippen LogP contribution in [0.1, 0.15) is 21.5 Å². The molecule has 1 amide bonds. The second-order valence-corrected chi connectivity index (χ2v) is 5.07. The highest BCUT2D eigenvalue weighted by atomic mass is 19.1. The number of nitrogens with zero attached hydrogens (tertiary/aromatic N) is 4. The largest absolute Gasteiger partial charge is 0.348 e. The van der Waals surface area contributed by atoms with E-state index in [-0.39, 0.29) is 11.7 Å². The Labute approximate surface area is 132 Å². The zero-order valence-corrected chi connectivity index (χ0v) is 12.4. The summed E-state index contributed by atoms with van der Waals surface area (Å²) in [5.41, 5.74) is 2.70. The molecule has 3 rings (SSSR count). The summed E-state index contributed by atoms with van der Waals surface area (Å²) in [4.78, 5) is 12.1. The third-order valence-corrected chi connectivity index (χ3v) is 3.42. The monoisotopic (exact) mass is 311 g/mol. The van der Waals surface area contributed by atoms with E-state index in [2.05, 4.69) is 20.8 Å². The Bertz CT molecular complexity index is 815. The van der Waals surface area contributed by atoms with Crippen molar-refractivity contribution in [1.29, 1.82) is 0 Å². The van der Waals surface area contributed by atoms with Crippen molar-refractivity contribution in [3.8, 4) is 5.69 Å². The molecule has 0 aliphatic heterocycles. The van der Waals surface area contributed by atoms with Crippen LogP contribution in [0.5, 0.6) is 0 Å². The lowest BCUT2D eigenvalue weighted by molar-refractivity contribution is 0.0951. The van der Waals surface area contributed by atoms with Crippen LogP contribution in [0, 0.1) is 12.7 Å². The number of benzene rings is 2. The van der Waals surface area contributed by atoms with Gasteiger partial charge < -0.3 is 5.32 Å². The zero-order chi connectivity index (χ0) is 16.2. The van der Waals surface area contributed by atoms with E-state index in [1.165, 1.54) is 17.1 Å². The van der Waals surface area contributed by atoms with Crippen LogP contribution in [-0.2, 0) is 6.54 Å². The minimum atomic E-state index is -0.252. The molecule has 2 aromatic carbocycles. The van der Waals surface area contributed by atoms with Crippen LogP contribution in [0.3, 0.4) is 0 Å². The van der Waals surface area contributed by atoms with Crippen molar-refractivity contribution in [3.05, 3.63) is 71.3 Å². The van der Waals surface area contributed by atoms with E-state index >= 15 is 0 Å². The van der Waals surface area contributed by atoms with Crippen LogP contribution in [0.25, 0.3) is 5.69 Å². The Balaban J connectivity index is 1.65. The van der Waals surface area contributed by atoms with E-state index in [0.29, 0.717) is 17.7 Å². The molecule has 3 aromatic rings. The number of hydrogen-bond acceptors (Lipinski definition) is 4. The van der Waals surface area contributed by atoms with Gasteiger partial charge in [0.1, 0.15) is 12.1 Å². The van der Waals surface area contributed by atoms with Crippen LogP contribution >= 0.6 is 0 Å². The van der Waals surface area contributed by atoms with Crippen molar-refractivity contribution in [2.24, 2.45) is 0 Å². The molecule has 116 valence electrons. The first-order valence-electron chi connectivity index (χ1n) is 7.00. The van der Waals surface area contributed by atoms with Crippen LogP contribution < -0.4 is 5.32 Å². The van der Waals surface area contributed by atoms with E-state index in [4.69, 9.17) is 0 Å². The summed E-state index contributed by atoms with van der Waals surface area (Å²) in [5.74, 6) is -0.450. The minimum Gasteiger partial charge on any atom is -0.348 e. The molecule has 23 heavy (non-hydrogen) atoms. The number of halogens is 1. The number of carbonyl (C=O) groups excluding carboxylic acids is 1.